The lowest BCUT2D eigenvalue weighted by atomic mass is 10.2. The second kappa shape index (κ2) is 9.20. The number of benzene rings is 1. The first-order chi connectivity index (χ1) is 8.77. The molecule has 0 atom stereocenters. The molecule has 3 nitrogen and oxygen atoms in total. The highest BCUT2D eigenvalue weighted by Crippen LogP contribution is 2.22. The first-order valence-corrected chi connectivity index (χ1v) is 6.79. The van der Waals surface area contributed by atoms with E-state index in [4.69, 9.17) is 21.4 Å². The molecular weight excluding hydrogens is 250 g/mol. The van der Waals surface area contributed by atoms with Crippen LogP contribution in [0.4, 0.5) is 0 Å². The molecule has 0 heterocycles. The van der Waals surface area contributed by atoms with Gasteiger partial charge < -0.3 is 15.2 Å². The molecule has 0 aliphatic rings. The van der Waals surface area contributed by atoms with Crippen molar-refractivity contribution in [1.29, 1.82) is 0 Å². The number of aliphatic hydroxyl groups excluding tert-OH is 1. The molecule has 0 aliphatic carbocycles. The largest absolute Gasteiger partial charge is 0.496 e. The maximum absolute atomic E-state index is 8.66. The van der Waals surface area contributed by atoms with Crippen LogP contribution in [0.25, 0.3) is 0 Å². The molecule has 0 unspecified atom stereocenters. The van der Waals surface area contributed by atoms with E-state index in [2.05, 4.69) is 5.32 Å². The summed E-state index contributed by atoms with van der Waals surface area (Å²) in [4.78, 5) is 0. The number of halogens is 1. The summed E-state index contributed by atoms with van der Waals surface area (Å²) in [5.41, 5.74) is 1.08. The summed E-state index contributed by atoms with van der Waals surface area (Å²) >= 11 is 5.96. The molecule has 2 N–H and O–H groups in total. The summed E-state index contributed by atoms with van der Waals surface area (Å²) in [6.45, 7) is 2.04. The highest BCUT2D eigenvalue weighted by atomic mass is 35.5. The Bertz CT molecular complexity index is 345. The standard InChI is InChI=1S/C14H22ClNO2/c1-18-14-7-6-13(15)10-12(14)11-16-8-4-2-3-5-9-17/h6-7,10,16-17H,2-5,8-9,11H2,1H3. The molecule has 0 aromatic heterocycles. The summed E-state index contributed by atoms with van der Waals surface area (Å²) < 4.78 is 5.28. The van der Waals surface area contributed by atoms with Crippen LogP contribution in [0, 0.1) is 0 Å². The lowest BCUT2D eigenvalue weighted by Gasteiger charge is -2.10. The normalized spacial score (nSPS) is 10.6. The van der Waals surface area contributed by atoms with Gasteiger partial charge in [0.15, 0.2) is 0 Å². The Morgan fingerprint density at radius 3 is 2.72 bits per heavy atom. The van der Waals surface area contributed by atoms with Crippen molar-refractivity contribution in [2.75, 3.05) is 20.3 Å². The van der Waals surface area contributed by atoms with E-state index in [1.165, 1.54) is 0 Å². The third-order valence-electron chi connectivity index (χ3n) is 2.82. The Labute approximate surface area is 114 Å². The van der Waals surface area contributed by atoms with E-state index in [0.29, 0.717) is 6.61 Å². The average molecular weight is 272 g/mol. The van der Waals surface area contributed by atoms with E-state index in [0.717, 1.165) is 55.1 Å². The van der Waals surface area contributed by atoms with Crippen LogP contribution in [0.15, 0.2) is 18.2 Å². The number of hydrogen-bond donors (Lipinski definition) is 2. The average Bonchev–Trinajstić information content (AvgIpc) is 2.38. The highest BCUT2D eigenvalue weighted by molar-refractivity contribution is 6.30. The molecule has 4 heteroatoms. The van der Waals surface area contributed by atoms with Gasteiger partial charge in [0.1, 0.15) is 5.75 Å². The Morgan fingerprint density at radius 2 is 2.00 bits per heavy atom. The second-order valence-electron chi connectivity index (χ2n) is 4.27. The smallest absolute Gasteiger partial charge is 0.123 e. The molecule has 1 aromatic rings. The van der Waals surface area contributed by atoms with Gasteiger partial charge in [-0.2, -0.15) is 0 Å². The van der Waals surface area contributed by atoms with E-state index in [-0.39, 0.29) is 0 Å². The van der Waals surface area contributed by atoms with E-state index in [9.17, 15) is 0 Å². The van der Waals surface area contributed by atoms with Crippen molar-refractivity contribution in [3.8, 4) is 5.75 Å². The molecular formula is C14H22ClNO2. The number of ether oxygens (including phenoxy) is 1. The van der Waals surface area contributed by atoms with Crippen molar-refractivity contribution in [2.45, 2.75) is 32.2 Å². The van der Waals surface area contributed by atoms with Gasteiger partial charge in [-0.25, -0.2) is 0 Å². The summed E-state index contributed by atoms with van der Waals surface area (Å²) in [6, 6.07) is 5.65. The highest BCUT2D eigenvalue weighted by Gasteiger charge is 2.03. The Kier molecular flexibility index (Phi) is 7.81. The number of methoxy groups -OCH3 is 1. The van der Waals surface area contributed by atoms with Gasteiger partial charge in [0.25, 0.3) is 0 Å². The zero-order valence-electron chi connectivity index (χ0n) is 10.9. The zero-order chi connectivity index (χ0) is 13.2. The Morgan fingerprint density at radius 1 is 1.22 bits per heavy atom. The van der Waals surface area contributed by atoms with Crippen LogP contribution >= 0.6 is 11.6 Å². The van der Waals surface area contributed by atoms with Crippen LogP contribution in [0.2, 0.25) is 5.02 Å². The quantitative estimate of drug-likeness (QED) is 0.679. The van der Waals surface area contributed by atoms with Gasteiger partial charge in [-0.1, -0.05) is 24.4 Å². The molecule has 0 amide bonds. The van der Waals surface area contributed by atoms with Gasteiger partial charge in [0.05, 0.1) is 7.11 Å². The topological polar surface area (TPSA) is 41.5 Å². The van der Waals surface area contributed by atoms with Crippen molar-refractivity contribution in [1.82, 2.24) is 5.32 Å². The SMILES string of the molecule is COc1ccc(Cl)cc1CNCCCCCCO. The first-order valence-electron chi connectivity index (χ1n) is 6.42. The number of nitrogens with one attached hydrogen (secondary N) is 1. The van der Waals surface area contributed by atoms with E-state index < -0.39 is 0 Å². The molecule has 1 rings (SSSR count). The molecule has 0 aliphatic heterocycles. The lowest BCUT2D eigenvalue weighted by molar-refractivity contribution is 0.282. The van der Waals surface area contributed by atoms with Gasteiger partial charge in [-0.05, 0) is 37.6 Å². The third kappa shape index (κ3) is 5.71. The molecule has 0 bridgehead atoms. The molecule has 102 valence electrons. The van der Waals surface area contributed by atoms with E-state index in [1.54, 1.807) is 7.11 Å². The van der Waals surface area contributed by atoms with Crippen LogP contribution in [-0.4, -0.2) is 25.4 Å². The van der Waals surface area contributed by atoms with Gasteiger partial charge in [-0.3, -0.25) is 0 Å². The van der Waals surface area contributed by atoms with E-state index in [1.807, 2.05) is 18.2 Å². The van der Waals surface area contributed by atoms with Crippen LogP contribution in [0.3, 0.4) is 0 Å². The fraction of sp³-hybridized carbons (Fsp3) is 0.571. The minimum atomic E-state index is 0.299. The number of aliphatic hydroxyl groups is 1. The van der Waals surface area contributed by atoms with Crippen molar-refractivity contribution < 1.29 is 9.84 Å². The molecule has 0 radical (unpaired) electrons. The summed E-state index contributed by atoms with van der Waals surface area (Å²) in [7, 11) is 1.67. The lowest BCUT2D eigenvalue weighted by Crippen LogP contribution is -2.15. The third-order valence-corrected chi connectivity index (χ3v) is 3.05. The van der Waals surface area contributed by atoms with Gasteiger partial charge in [-0.15, -0.1) is 0 Å². The predicted octanol–water partition coefficient (Wildman–Crippen LogP) is 2.99. The maximum Gasteiger partial charge on any atom is 0.123 e. The minimum absolute atomic E-state index is 0.299. The second-order valence-corrected chi connectivity index (χ2v) is 4.71. The maximum atomic E-state index is 8.66. The molecule has 18 heavy (non-hydrogen) atoms. The van der Waals surface area contributed by atoms with Crippen LogP contribution < -0.4 is 10.1 Å². The van der Waals surface area contributed by atoms with E-state index >= 15 is 0 Å². The Hall–Kier alpha value is -0.770. The first kappa shape index (κ1) is 15.3. The van der Waals surface area contributed by atoms with Crippen LogP contribution in [0.5, 0.6) is 5.75 Å². The molecule has 0 saturated carbocycles. The van der Waals surface area contributed by atoms with Crippen molar-refractivity contribution in [2.24, 2.45) is 0 Å². The van der Waals surface area contributed by atoms with Crippen molar-refractivity contribution >= 4 is 11.6 Å². The summed E-state index contributed by atoms with van der Waals surface area (Å²) in [6.07, 6.45) is 4.28. The van der Waals surface area contributed by atoms with Crippen molar-refractivity contribution in [3.63, 3.8) is 0 Å². The summed E-state index contributed by atoms with van der Waals surface area (Å²) in [5, 5.41) is 12.8. The summed E-state index contributed by atoms with van der Waals surface area (Å²) in [5.74, 6) is 0.868. The number of unbranched alkanes of at least 4 members (excludes halogenated alkanes) is 3. The number of rotatable bonds is 9. The fourth-order valence-electron chi connectivity index (χ4n) is 1.82. The van der Waals surface area contributed by atoms with Crippen LogP contribution in [-0.2, 0) is 6.54 Å². The molecule has 0 spiro atoms. The molecule has 0 saturated heterocycles. The van der Waals surface area contributed by atoms with Crippen LogP contribution in [0.1, 0.15) is 31.2 Å². The molecule has 1 aromatic carbocycles. The zero-order valence-corrected chi connectivity index (χ0v) is 11.7. The fourth-order valence-corrected chi connectivity index (χ4v) is 2.02. The predicted molar refractivity (Wildman–Crippen MR) is 75.3 cm³/mol. The molecule has 0 fully saturated rings. The van der Waals surface area contributed by atoms with Gasteiger partial charge >= 0.3 is 0 Å². The number of hydrogen-bond acceptors (Lipinski definition) is 3. The minimum Gasteiger partial charge on any atom is -0.496 e. The van der Waals surface area contributed by atoms with Gasteiger partial charge in [0.2, 0.25) is 0 Å². The van der Waals surface area contributed by atoms with Gasteiger partial charge in [0, 0.05) is 23.7 Å². The Balaban J connectivity index is 2.24. The monoisotopic (exact) mass is 271 g/mol. The van der Waals surface area contributed by atoms with Crippen molar-refractivity contribution in [3.05, 3.63) is 28.8 Å².